The number of nitrogens with one attached hydrogen (secondary N) is 1. The number of aromatic nitrogens is 3. The van der Waals surface area contributed by atoms with Crippen LogP contribution in [0.5, 0.6) is 11.5 Å². The molecule has 4 rings (SSSR count). The summed E-state index contributed by atoms with van der Waals surface area (Å²) in [5, 5.41) is 7.39. The molecule has 0 bridgehead atoms. The van der Waals surface area contributed by atoms with Gasteiger partial charge in [-0.3, -0.25) is 9.89 Å². The van der Waals surface area contributed by atoms with Crippen LogP contribution in [-0.4, -0.2) is 71.3 Å². The molecule has 0 aliphatic carbocycles. The third-order valence-electron chi connectivity index (χ3n) is 5.18. The Kier molecular flexibility index (Phi) is 5.94. The van der Waals surface area contributed by atoms with Crippen molar-refractivity contribution in [3.63, 3.8) is 0 Å². The third-order valence-corrected chi connectivity index (χ3v) is 5.18. The second-order valence-corrected chi connectivity index (χ2v) is 7.24. The number of ether oxygens (including phenoxy) is 2. The number of benzene rings is 2. The molecule has 0 saturated carbocycles. The number of hydrogen-bond donors (Lipinski definition) is 1. The number of carbonyl (C=O) groups is 1. The third kappa shape index (κ3) is 4.44. The highest BCUT2D eigenvalue weighted by Crippen LogP contribution is 2.25. The summed E-state index contributed by atoms with van der Waals surface area (Å²) in [6.45, 7) is 2.07. The lowest BCUT2D eigenvalue weighted by Crippen LogP contribution is -2.50. The van der Waals surface area contributed by atoms with E-state index in [1.54, 1.807) is 7.11 Å². The van der Waals surface area contributed by atoms with Gasteiger partial charge in [0, 0.05) is 25.2 Å². The van der Waals surface area contributed by atoms with Crippen molar-refractivity contribution in [1.29, 1.82) is 0 Å². The first-order valence-electron chi connectivity index (χ1n) is 9.86. The predicted molar refractivity (Wildman–Crippen MR) is 112 cm³/mol. The summed E-state index contributed by atoms with van der Waals surface area (Å²) < 4.78 is 10.9. The Morgan fingerprint density at radius 1 is 1.10 bits per heavy atom. The summed E-state index contributed by atoms with van der Waals surface area (Å²) in [5.41, 5.74) is 0.882. The van der Waals surface area contributed by atoms with Gasteiger partial charge >= 0.3 is 0 Å². The number of rotatable bonds is 6. The lowest BCUT2D eigenvalue weighted by Gasteiger charge is -2.38. The number of hydrogen-bond acceptors (Lipinski definition) is 6. The number of aromatic amines is 1. The molecule has 0 spiro atoms. The zero-order valence-electron chi connectivity index (χ0n) is 17.1. The number of H-pyrrole nitrogens is 1. The Morgan fingerprint density at radius 3 is 2.60 bits per heavy atom. The summed E-state index contributed by atoms with van der Waals surface area (Å²) in [4.78, 5) is 21.6. The van der Waals surface area contributed by atoms with Crippen molar-refractivity contribution in [3.8, 4) is 22.9 Å². The van der Waals surface area contributed by atoms with Gasteiger partial charge in [-0.2, -0.15) is 5.10 Å². The van der Waals surface area contributed by atoms with E-state index in [1.807, 2.05) is 66.5 Å². The lowest BCUT2D eigenvalue weighted by molar-refractivity contribution is -0.138. The summed E-state index contributed by atoms with van der Waals surface area (Å²) in [6, 6.07) is 16.7. The first-order chi connectivity index (χ1) is 14.6. The van der Waals surface area contributed by atoms with E-state index in [9.17, 15) is 4.79 Å². The average Bonchev–Trinajstić information content (AvgIpc) is 3.28. The second-order valence-electron chi connectivity index (χ2n) is 7.24. The monoisotopic (exact) mass is 407 g/mol. The standard InChI is InChI=1S/C22H25N5O3/c1-26-12-13-27(20(28)15-30-18-6-4-3-5-7-18)19(14-26)22-23-21(24-25-22)16-8-10-17(29-2)11-9-16/h3-11,19H,12-15H2,1-2H3,(H,23,24,25). The number of para-hydroxylation sites is 1. The van der Waals surface area contributed by atoms with Crippen molar-refractivity contribution in [2.24, 2.45) is 0 Å². The molecule has 1 saturated heterocycles. The molecule has 1 aliphatic heterocycles. The minimum absolute atomic E-state index is 0.0102. The van der Waals surface area contributed by atoms with Crippen molar-refractivity contribution in [3.05, 3.63) is 60.4 Å². The molecule has 2 heterocycles. The van der Waals surface area contributed by atoms with Crippen LogP contribution >= 0.6 is 0 Å². The molecule has 1 aliphatic rings. The van der Waals surface area contributed by atoms with E-state index in [0.29, 0.717) is 30.5 Å². The van der Waals surface area contributed by atoms with Crippen LogP contribution in [0.3, 0.4) is 0 Å². The van der Waals surface area contributed by atoms with Gasteiger partial charge in [-0.15, -0.1) is 0 Å². The summed E-state index contributed by atoms with van der Waals surface area (Å²) >= 11 is 0. The molecule has 1 amide bonds. The van der Waals surface area contributed by atoms with E-state index < -0.39 is 0 Å². The Bertz CT molecular complexity index is 974. The maximum atomic E-state index is 12.9. The van der Waals surface area contributed by atoms with Crippen molar-refractivity contribution in [1.82, 2.24) is 25.0 Å². The Morgan fingerprint density at radius 2 is 1.87 bits per heavy atom. The van der Waals surface area contributed by atoms with Crippen LogP contribution in [0.25, 0.3) is 11.4 Å². The molecule has 1 atom stereocenters. The number of piperazine rings is 1. The first kappa shape index (κ1) is 19.9. The molecule has 2 aromatic carbocycles. The first-order valence-corrected chi connectivity index (χ1v) is 9.86. The second kappa shape index (κ2) is 8.96. The van der Waals surface area contributed by atoms with Crippen LogP contribution in [0.15, 0.2) is 54.6 Å². The molecule has 1 fully saturated rings. The van der Waals surface area contributed by atoms with E-state index in [0.717, 1.165) is 17.9 Å². The molecule has 3 aromatic rings. The number of carbonyl (C=O) groups excluding carboxylic acids is 1. The summed E-state index contributed by atoms with van der Waals surface area (Å²) in [7, 11) is 3.67. The molecule has 8 nitrogen and oxygen atoms in total. The van der Waals surface area contributed by atoms with E-state index in [-0.39, 0.29) is 18.6 Å². The Balaban J connectivity index is 1.49. The number of amides is 1. The maximum absolute atomic E-state index is 12.9. The molecule has 30 heavy (non-hydrogen) atoms. The zero-order chi connectivity index (χ0) is 20.9. The van der Waals surface area contributed by atoms with E-state index in [4.69, 9.17) is 9.47 Å². The van der Waals surface area contributed by atoms with Crippen LogP contribution in [0.1, 0.15) is 11.9 Å². The van der Waals surface area contributed by atoms with Crippen LogP contribution in [0.4, 0.5) is 0 Å². The molecular weight excluding hydrogens is 382 g/mol. The topological polar surface area (TPSA) is 83.6 Å². The maximum Gasteiger partial charge on any atom is 0.261 e. The highest BCUT2D eigenvalue weighted by atomic mass is 16.5. The molecule has 1 N–H and O–H groups in total. The number of nitrogens with zero attached hydrogens (tertiary/aromatic N) is 4. The Hall–Kier alpha value is -3.39. The smallest absolute Gasteiger partial charge is 0.261 e. The van der Waals surface area contributed by atoms with E-state index in [2.05, 4.69) is 20.1 Å². The van der Waals surface area contributed by atoms with Gasteiger partial charge in [-0.1, -0.05) is 18.2 Å². The normalized spacial score (nSPS) is 17.0. The van der Waals surface area contributed by atoms with Crippen molar-refractivity contribution in [2.45, 2.75) is 6.04 Å². The van der Waals surface area contributed by atoms with Gasteiger partial charge in [0.25, 0.3) is 5.91 Å². The molecule has 1 aromatic heterocycles. The van der Waals surface area contributed by atoms with Gasteiger partial charge in [-0.25, -0.2) is 4.98 Å². The fourth-order valence-electron chi connectivity index (χ4n) is 3.49. The van der Waals surface area contributed by atoms with Crippen molar-refractivity contribution in [2.75, 3.05) is 40.4 Å². The van der Waals surface area contributed by atoms with Gasteiger partial charge in [0.2, 0.25) is 0 Å². The minimum atomic E-state index is -0.213. The fraction of sp³-hybridized carbons (Fsp3) is 0.318. The zero-order valence-corrected chi connectivity index (χ0v) is 17.1. The van der Waals surface area contributed by atoms with Crippen LogP contribution in [-0.2, 0) is 4.79 Å². The van der Waals surface area contributed by atoms with Gasteiger partial charge < -0.3 is 19.3 Å². The van der Waals surface area contributed by atoms with Crippen LogP contribution < -0.4 is 9.47 Å². The molecule has 156 valence electrons. The fourth-order valence-corrected chi connectivity index (χ4v) is 3.49. The SMILES string of the molecule is COc1ccc(-c2n[nH]c(C3CN(C)CCN3C(=O)COc3ccccc3)n2)cc1. The minimum Gasteiger partial charge on any atom is -0.497 e. The molecular formula is C22H25N5O3. The highest BCUT2D eigenvalue weighted by molar-refractivity contribution is 5.78. The Labute approximate surface area is 175 Å². The van der Waals surface area contributed by atoms with Gasteiger partial charge in [0.15, 0.2) is 12.4 Å². The van der Waals surface area contributed by atoms with Gasteiger partial charge in [0.05, 0.1) is 7.11 Å². The van der Waals surface area contributed by atoms with Gasteiger partial charge in [0.1, 0.15) is 23.4 Å². The predicted octanol–water partition coefficient (Wildman–Crippen LogP) is 2.37. The van der Waals surface area contributed by atoms with Crippen molar-refractivity contribution >= 4 is 5.91 Å². The van der Waals surface area contributed by atoms with Crippen LogP contribution in [0, 0.1) is 0 Å². The van der Waals surface area contributed by atoms with E-state index in [1.165, 1.54) is 0 Å². The number of likely N-dealkylation sites (N-methyl/N-ethyl adjacent to an activating group) is 1. The van der Waals surface area contributed by atoms with Crippen molar-refractivity contribution < 1.29 is 14.3 Å². The largest absolute Gasteiger partial charge is 0.497 e. The number of methoxy groups -OCH3 is 1. The van der Waals surface area contributed by atoms with E-state index >= 15 is 0 Å². The quantitative estimate of drug-likeness (QED) is 0.676. The molecule has 0 radical (unpaired) electrons. The highest BCUT2D eigenvalue weighted by Gasteiger charge is 2.32. The molecule has 1 unspecified atom stereocenters. The van der Waals surface area contributed by atoms with Crippen LogP contribution in [0.2, 0.25) is 0 Å². The lowest BCUT2D eigenvalue weighted by atomic mass is 10.1. The van der Waals surface area contributed by atoms with Gasteiger partial charge in [-0.05, 0) is 43.4 Å². The summed E-state index contributed by atoms with van der Waals surface area (Å²) in [6.07, 6.45) is 0. The molecule has 8 heteroatoms. The average molecular weight is 407 g/mol. The summed E-state index contributed by atoms with van der Waals surface area (Å²) in [5.74, 6) is 2.64.